The molecular formula is C21H25N3O3S. The molecule has 0 bridgehead atoms. The number of hydrogen-bond donors (Lipinski definition) is 2. The molecule has 0 saturated carbocycles. The van der Waals surface area contributed by atoms with Crippen molar-refractivity contribution in [2.24, 2.45) is 0 Å². The summed E-state index contributed by atoms with van der Waals surface area (Å²) in [4.78, 5) is 37.2. The Labute approximate surface area is 169 Å². The number of nitrogens with zero attached hydrogens (tertiary/aromatic N) is 1. The predicted molar refractivity (Wildman–Crippen MR) is 114 cm³/mol. The Balaban J connectivity index is 1.81. The fourth-order valence-electron chi connectivity index (χ4n) is 2.49. The molecule has 0 saturated heterocycles. The van der Waals surface area contributed by atoms with Gasteiger partial charge in [-0.25, -0.2) is 0 Å². The number of hydrogen-bond acceptors (Lipinski definition) is 4. The number of rotatable bonds is 8. The van der Waals surface area contributed by atoms with Crippen LogP contribution in [0.4, 0.5) is 11.4 Å². The lowest BCUT2D eigenvalue weighted by atomic mass is 10.1. The van der Waals surface area contributed by atoms with Gasteiger partial charge in [-0.15, -0.1) is 11.8 Å². The minimum Gasteiger partial charge on any atom is -0.342 e. The maximum absolute atomic E-state index is 12.2. The van der Waals surface area contributed by atoms with Gasteiger partial charge in [0, 0.05) is 31.9 Å². The highest BCUT2D eigenvalue weighted by molar-refractivity contribution is 8.00. The Morgan fingerprint density at radius 2 is 1.64 bits per heavy atom. The number of para-hydroxylation sites is 1. The van der Waals surface area contributed by atoms with E-state index in [-0.39, 0.29) is 29.2 Å². The first kappa shape index (κ1) is 21.5. The highest BCUT2D eigenvalue weighted by Crippen LogP contribution is 2.17. The van der Waals surface area contributed by atoms with Gasteiger partial charge in [0.05, 0.1) is 11.5 Å². The molecule has 7 heteroatoms. The van der Waals surface area contributed by atoms with Crippen LogP contribution in [0.5, 0.6) is 0 Å². The van der Waals surface area contributed by atoms with E-state index in [4.69, 9.17) is 0 Å². The summed E-state index contributed by atoms with van der Waals surface area (Å²) in [5, 5.41) is 5.67. The molecule has 0 radical (unpaired) electrons. The zero-order valence-corrected chi connectivity index (χ0v) is 17.1. The van der Waals surface area contributed by atoms with E-state index in [0.29, 0.717) is 12.2 Å². The van der Waals surface area contributed by atoms with E-state index in [9.17, 15) is 14.4 Å². The highest BCUT2D eigenvalue weighted by Gasteiger charge is 2.11. The quantitative estimate of drug-likeness (QED) is 0.714. The largest absolute Gasteiger partial charge is 0.342 e. The van der Waals surface area contributed by atoms with Crippen LogP contribution in [-0.4, -0.2) is 41.2 Å². The van der Waals surface area contributed by atoms with Gasteiger partial charge in [-0.2, -0.15) is 0 Å². The van der Waals surface area contributed by atoms with Gasteiger partial charge >= 0.3 is 0 Å². The molecular weight excluding hydrogens is 374 g/mol. The van der Waals surface area contributed by atoms with Crippen molar-refractivity contribution in [3.05, 3.63) is 59.7 Å². The second-order valence-corrected chi connectivity index (χ2v) is 7.48. The van der Waals surface area contributed by atoms with Crippen LogP contribution in [0.2, 0.25) is 0 Å². The molecule has 2 rings (SSSR count). The van der Waals surface area contributed by atoms with Crippen LogP contribution in [0.25, 0.3) is 0 Å². The minimum absolute atomic E-state index is 0.0451. The Bertz CT molecular complexity index is 854. The van der Waals surface area contributed by atoms with Gasteiger partial charge in [0.25, 0.3) is 0 Å². The van der Waals surface area contributed by atoms with Gasteiger partial charge < -0.3 is 15.5 Å². The fourth-order valence-corrected chi connectivity index (χ4v) is 3.11. The maximum atomic E-state index is 12.2. The normalized spacial score (nSPS) is 10.2. The van der Waals surface area contributed by atoms with Crippen molar-refractivity contribution in [3.8, 4) is 0 Å². The first-order valence-electron chi connectivity index (χ1n) is 8.89. The highest BCUT2D eigenvalue weighted by atomic mass is 32.2. The van der Waals surface area contributed by atoms with Gasteiger partial charge in [-0.05, 0) is 36.2 Å². The molecule has 0 aliphatic rings. The summed E-state index contributed by atoms with van der Waals surface area (Å²) in [6, 6.07) is 14.9. The number of aryl methyl sites for hydroxylation is 1. The standard InChI is InChI=1S/C21H25N3O3S/c1-15-7-6-9-18(11-15)22-20(26)13-28-14-21(27)23-19-10-5-4-8-17(19)12-24(3)16(2)25/h4-11H,12-14H2,1-3H3,(H,22,26)(H,23,27). The summed E-state index contributed by atoms with van der Waals surface area (Å²) in [5.41, 5.74) is 3.35. The van der Waals surface area contributed by atoms with Crippen LogP contribution in [0.15, 0.2) is 48.5 Å². The molecule has 6 nitrogen and oxygen atoms in total. The van der Waals surface area contributed by atoms with E-state index in [0.717, 1.165) is 16.8 Å². The van der Waals surface area contributed by atoms with Crippen LogP contribution in [0, 0.1) is 6.92 Å². The summed E-state index contributed by atoms with van der Waals surface area (Å²) < 4.78 is 0. The van der Waals surface area contributed by atoms with E-state index >= 15 is 0 Å². The van der Waals surface area contributed by atoms with Crippen LogP contribution in [0.3, 0.4) is 0 Å². The first-order valence-corrected chi connectivity index (χ1v) is 10.0. The average molecular weight is 400 g/mol. The molecule has 0 unspecified atom stereocenters. The summed E-state index contributed by atoms with van der Waals surface area (Å²) in [7, 11) is 1.71. The molecule has 0 aromatic heterocycles. The van der Waals surface area contributed by atoms with E-state index in [1.165, 1.54) is 18.7 Å². The predicted octanol–water partition coefficient (Wildman–Crippen LogP) is 3.28. The maximum Gasteiger partial charge on any atom is 0.234 e. The second-order valence-electron chi connectivity index (χ2n) is 6.49. The van der Waals surface area contributed by atoms with Crippen molar-refractivity contribution in [1.29, 1.82) is 0 Å². The lowest BCUT2D eigenvalue weighted by Crippen LogP contribution is -2.24. The molecule has 2 aromatic carbocycles. The van der Waals surface area contributed by atoms with Crippen LogP contribution < -0.4 is 10.6 Å². The smallest absolute Gasteiger partial charge is 0.234 e. The molecule has 2 N–H and O–H groups in total. The van der Waals surface area contributed by atoms with Crippen molar-refractivity contribution in [1.82, 2.24) is 4.90 Å². The topological polar surface area (TPSA) is 78.5 Å². The molecule has 3 amide bonds. The Morgan fingerprint density at radius 1 is 0.964 bits per heavy atom. The number of benzene rings is 2. The van der Waals surface area contributed by atoms with Crippen molar-refractivity contribution in [3.63, 3.8) is 0 Å². The van der Waals surface area contributed by atoms with Crippen LogP contribution in [-0.2, 0) is 20.9 Å². The molecule has 28 heavy (non-hydrogen) atoms. The third-order valence-corrected chi connectivity index (χ3v) is 4.94. The van der Waals surface area contributed by atoms with Gasteiger partial charge in [-0.1, -0.05) is 30.3 Å². The van der Waals surface area contributed by atoms with E-state index < -0.39 is 0 Å². The summed E-state index contributed by atoms with van der Waals surface area (Å²) >= 11 is 1.25. The SMILES string of the molecule is CC(=O)N(C)Cc1ccccc1NC(=O)CSCC(=O)Nc1cccc(C)c1. The molecule has 0 atom stereocenters. The van der Waals surface area contributed by atoms with Gasteiger partial charge in [0.15, 0.2) is 0 Å². The third kappa shape index (κ3) is 7.08. The molecule has 0 spiro atoms. The minimum atomic E-state index is -0.189. The number of thioether (sulfide) groups is 1. The van der Waals surface area contributed by atoms with Gasteiger partial charge in [0.1, 0.15) is 0 Å². The summed E-state index contributed by atoms with van der Waals surface area (Å²) in [5.74, 6) is -0.0248. The number of anilines is 2. The Morgan fingerprint density at radius 3 is 2.32 bits per heavy atom. The third-order valence-electron chi connectivity index (χ3n) is 4.00. The Kier molecular flexibility index (Phi) is 8.07. The van der Waals surface area contributed by atoms with Crippen molar-refractivity contribution < 1.29 is 14.4 Å². The number of amides is 3. The average Bonchev–Trinajstić information content (AvgIpc) is 2.63. The Hall–Kier alpha value is -2.80. The van der Waals surface area contributed by atoms with Crippen molar-refractivity contribution in [2.45, 2.75) is 20.4 Å². The summed E-state index contributed by atoms with van der Waals surface area (Å²) in [6.07, 6.45) is 0. The zero-order valence-electron chi connectivity index (χ0n) is 16.3. The van der Waals surface area contributed by atoms with Crippen molar-refractivity contribution >= 4 is 40.9 Å². The monoisotopic (exact) mass is 399 g/mol. The van der Waals surface area contributed by atoms with E-state index in [1.54, 1.807) is 18.0 Å². The first-order chi connectivity index (χ1) is 13.3. The molecule has 0 aliphatic carbocycles. The molecule has 0 fully saturated rings. The number of carbonyl (C=O) groups excluding carboxylic acids is 3. The van der Waals surface area contributed by atoms with Gasteiger partial charge in [-0.3, -0.25) is 14.4 Å². The zero-order chi connectivity index (χ0) is 20.5. The van der Waals surface area contributed by atoms with Crippen LogP contribution in [0.1, 0.15) is 18.1 Å². The van der Waals surface area contributed by atoms with Gasteiger partial charge in [0.2, 0.25) is 17.7 Å². The van der Waals surface area contributed by atoms with E-state index in [2.05, 4.69) is 10.6 Å². The number of nitrogens with one attached hydrogen (secondary N) is 2. The lowest BCUT2D eigenvalue weighted by molar-refractivity contribution is -0.128. The molecule has 148 valence electrons. The second kappa shape index (κ2) is 10.5. The van der Waals surface area contributed by atoms with Crippen molar-refractivity contribution in [2.75, 3.05) is 29.2 Å². The fraction of sp³-hybridized carbons (Fsp3) is 0.286. The number of carbonyl (C=O) groups is 3. The lowest BCUT2D eigenvalue weighted by Gasteiger charge is -2.17. The van der Waals surface area contributed by atoms with E-state index in [1.807, 2.05) is 49.4 Å². The van der Waals surface area contributed by atoms with Crippen LogP contribution >= 0.6 is 11.8 Å². The molecule has 0 aliphatic heterocycles. The molecule has 0 heterocycles. The summed E-state index contributed by atoms with van der Waals surface area (Å²) in [6.45, 7) is 3.87. The molecule has 2 aromatic rings.